The number of ketones is 1. The summed E-state index contributed by atoms with van der Waals surface area (Å²) in [5.74, 6) is 2.58. The van der Waals surface area contributed by atoms with E-state index in [0.717, 1.165) is 34.1 Å². The van der Waals surface area contributed by atoms with Crippen LogP contribution in [0.5, 0.6) is 0 Å². The third-order valence-corrected chi connectivity index (χ3v) is 6.43. The second-order valence-electron chi connectivity index (χ2n) is 9.48. The number of rotatable bonds is 7. The highest BCUT2D eigenvalue weighted by Crippen LogP contribution is 2.39. The fourth-order valence-corrected chi connectivity index (χ4v) is 5.03. The molecule has 2 atom stereocenters. The lowest BCUT2D eigenvalue weighted by Gasteiger charge is -2.31. The highest BCUT2D eigenvalue weighted by Gasteiger charge is 2.25. The van der Waals surface area contributed by atoms with Crippen LogP contribution in [-0.2, 0) is 0 Å². The van der Waals surface area contributed by atoms with Gasteiger partial charge in [0, 0.05) is 11.1 Å². The Morgan fingerprint density at radius 1 is 1.07 bits per heavy atom. The zero-order valence-corrected chi connectivity index (χ0v) is 18.6. The summed E-state index contributed by atoms with van der Waals surface area (Å²) in [7, 11) is 0. The van der Waals surface area contributed by atoms with Gasteiger partial charge >= 0.3 is 0 Å². The van der Waals surface area contributed by atoms with Crippen molar-refractivity contribution in [1.82, 2.24) is 0 Å². The molecule has 1 aliphatic rings. The van der Waals surface area contributed by atoms with E-state index in [4.69, 9.17) is 0 Å². The Morgan fingerprint density at radius 3 is 2.52 bits per heavy atom. The first-order valence-electron chi connectivity index (χ1n) is 11.3. The average Bonchev–Trinajstić information content (AvgIpc) is 2.72. The first-order valence-corrected chi connectivity index (χ1v) is 11.3. The van der Waals surface area contributed by atoms with Crippen LogP contribution in [0, 0.1) is 11.8 Å². The fraction of sp³-hybridized carbons (Fsp3) is 0.464. The molecular weight excluding hydrogens is 352 g/mol. The van der Waals surface area contributed by atoms with E-state index in [1.165, 1.54) is 37.7 Å². The van der Waals surface area contributed by atoms with Gasteiger partial charge < -0.3 is 0 Å². The maximum Gasteiger partial charge on any atom is 0.193 e. The lowest BCUT2D eigenvalue weighted by molar-refractivity contribution is 0.103. The Balaban J connectivity index is 1.94. The van der Waals surface area contributed by atoms with E-state index in [2.05, 4.69) is 58.5 Å². The Labute approximate surface area is 177 Å². The molecule has 0 heterocycles. The zero-order valence-electron chi connectivity index (χ0n) is 18.6. The molecule has 0 N–H and O–H groups in total. The quantitative estimate of drug-likeness (QED) is 0.439. The molecule has 0 amide bonds. The predicted octanol–water partition coefficient (Wildman–Crippen LogP) is 8.00. The Hall–Kier alpha value is -2.15. The van der Waals surface area contributed by atoms with Crippen molar-refractivity contribution in [2.75, 3.05) is 0 Å². The van der Waals surface area contributed by atoms with Gasteiger partial charge in [-0.15, -0.1) is 0 Å². The van der Waals surface area contributed by atoms with Crippen molar-refractivity contribution in [3.8, 4) is 0 Å². The normalized spacial score (nSPS) is 19.5. The summed E-state index contributed by atoms with van der Waals surface area (Å²) >= 11 is 0. The summed E-state index contributed by atoms with van der Waals surface area (Å²) in [5.41, 5.74) is 5.01. The summed E-state index contributed by atoms with van der Waals surface area (Å²) in [6.07, 6.45) is 8.27. The van der Waals surface area contributed by atoms with Crippen molar-refractivity contribution in [3.63, 3.8) is 0 Å². The smallest absolute Gasteiger partial charge is 0.193 e. The van der Waals surface area contributed by atoms with Crippen LogP contribution >= 0.6 is 0 Å². The lowest BCUT2D eigenvalue weighted by atomic mass is 9.74. The molecule has 1 unspecified atom stereocenters. The highest BCUT2D eigenvalue weighted by atomic mass is 16.1. The summed E-state index contributed by atoms with van der Waals surface area (Å²) < 4.78 is 0. The van der Waals surface area contributed by atoms with Crippen LogP contribution in [0.3, 0.4) is 0 Å². The van der Waals surface area contributed by atoms with Gasteiger partial charge in [-0.3, -0.25) is 4.79 Å². The monoisotopic (exact) mass is 388 g/mol. The number of hydrogen-bond donors (Lipinski definition) is 0. The molecule has 0 aromatic heterocycles. The van der Waals surface area contributed by atoms with E-state index in [1.807, 2.05) is 24.3 Å². The summed E-state index contributed by atoms with van der Waals surface area (Å²) in [4.78, 5) is 13.5. The molecule has 1 nitrogen and oxygen atoms in total. The van der Waals surface area contributed by atoms with Gasteiger partial charge in [-0.2, -0.15) is 0 Å². The van der Waals surface area contributed by atoms with Crippen molar-refractivity contribution in [3.05, 3.63) is 76.9 Å². The van der Waals surface area contributed by atoms with Crippen molar-refractivity contribution in [1.29, 1.82) is 0 Å². The average molecular weight is 389 g/mol. The lowest BCUT2D eigenvalue weighted by Crippen LogP contribution is -2.17. The maximum absolute atomic E-state index is 13.5. The van der Waals surface area contributed by atoms with E-state index >= 15 is 0 Å². The molecule has 0 saturated heterocycles. The van der Waals surface area contributed by atoms with Crippen LogP contribution in [0.1, 0.15) is 104 Å². The van der Waals surface area contributed by atoms with Crippen LogP contribution in [0.4, 0.5) is 0 Å². The van der Waals surface area contributed by atoms with Crippen molar-refractivity contribution >= 4 is 11.9 Å². The molecular formula is C28H36O. The first-order chi connectivity index (χ1) is 13.9. The van der Waals surface area contributed by atoms with Gasteiger partial charge in [0.15, 0.2) is 5.78 Å². The Bertz CT molecular complexity index is 858. The van der Waals surface area contributed by atoms with E-state index in [0.29, 0.717) is 11.8 Å². The molecule has 2 aromatic carbocycles. The number of hydrogen-bond acceptors (Lipinski definition) is 1. The topological polar surface area (TPSA) is 17.1 Å². The minimum Gasteiger partial charge on any atom is -0.289 e. The maximum atomic E-state index is 13.5. The molecule has 0 aliphatic heterocycles. The van der Waals surface area contributed by atoms with Crippen LogP contribution in [-0.4, -0.2) is 5.78 Å². The van der Waals surface area contributed by atoms with Crippen LogP contribution < -0.4 is 0 Å². The minimum absolute atomic E-state index is 0.126. The van der Waals surface area contributed by atoms with Crippen LogP contribution in [0.2, 0.25) is 0 Å². The fourth-order valence-electron chi connectivity index (χ4n) is 5.03. The van der Waals surface area contributed by atoms with Gasteiger partial charge in [-0.1, -0.05) is 89.6 Å². The minimum atomic E-state index is 0.126. The molecule has 1 saturated carbocycles. The molecule has 29 heavy (non-hydrogen) atoms. The summed E-state index contributed by atoms with van der Waals surface area (Å²) in [6, 6.07) is 14.5. The molecule has 0 bridgehead atoms. The van der Waals surface area contributed by atoms with Gasteiger partial charge in [0.1, 0.15) is 0 Å². The second kappa shape index (κ2) is 9.57. The first kappa shape index (κ1) is 21.6. The Morgan fingerprint density at radius 2 is 1.83 bits per heavy atom. The van der Waals surface area contributed by atoms with Gasteiger partial charge in [-0.05, 0) is 65.7 Å². The van der Waals surface area contributed by atoms with Gasteiger partial charge in [0.05, 0.1) is 0 Å². The molecule has 1 heteroatoms. The molecule has 0 spiro atoms. The van der Waals surface area contributed by atoms with E-state index in [-0.39, 0.29) is 5.78 Å². The van der Waals surface area contributed by atoms with Crippen molar-refractivity contribution in [2.45, 2.75) is 71.6 Å². The van der Waals surface area contributed by atoms with Crippen molar-refractivity contribution < 1.29 is 4.79 Å². The second-order valence-corrected chi connectivity index (χ2v) is 9.48. The molecule has 2 aromatic rings. The summed E-state index contributed by atoms with van der Waals surface area (Å²) in [5, 5.41) is 0. The van der Waals surface area contributed by atoms with Gasteiger partial charge in [0.25, 0.3) is 0 Å². The number of benzene rings is 2. The van der Waals surface area contributed by atoms with E-state index in [1.54, 1.807) is 0 Å². The predicted molar refractivity (Wildman–Crippen MR) is 125 cm³/mol. The van der Waals surface area contributed by atoms with Gasteiger partial charge in [0.2, 0.25) is 0 Å². The highest BCUT2D eigenvalue weighted by molar-refractivity contribution is 6.12. The van der Waals surface area contributed by atoms with Crippen LogP contribution in [0.15, 0.2) is 49.0 Å². The largest absolute Gasteiger partial charge is 0.289 e. The zero-order chi connectivity index (χ0) is 21.0. The standard InChI is InChI=1S/C28H36O/c1-6-22-14-15-24(23-11-9-10-21(17-23)16-19(2)3)18-27(22)28(29)26-13-8-7-12-25(26)20(4)5/h6-8,12-15,18-21,23H,1,9-11,16-17H2,2-5H3/t21-,23?/m0/s1. The molecule has 3 rings (SSSR count). The van der Waals surface area contributed by atoms with Crippen molar-refractivity contribution in [2.24, 2.45) is 11.8 Å². The molecule has 154 valence electrons. The van der Waals surface area contributed by atoms with Crippen LogP contribution in [0.25, 0.3) is 6.08 Å². The third kappa shape index (κ3) is 5.07. The Kier molecular flexibility index (Phi) is 7.11. The number of carbonyl (C=O) groups excluding carboxylic acids is 1. The SMILES string of the molecule is C=Cc1ccc(C2CCC[C@@H](CC(C)C)C2)cc1C(=O)c1ccccc1C(C)C. The summed E-state index contributed by atoms with van der Waals surface area (Å²) in [6.45, 7) is 12.9. The molecule has 0 radical (unpaired) electrons. The van der Waals surface area contributed by atoms with Gasteiger partial charge in [-0.25, -0.2) is 0 Å². The van der Waals surface area contributed by atoms with E-state index < -0.39 is 0 Å². The molecule has 1 fully saturated rings. The number of carbonyl (C=O) groups is 1. The van der Waals surface area contributed by atoms with E-state index in [9.17, 15) is 4.79 Å². The third-order valence-electron chi connectivity index (χ3n) is 6.43. The molecule has 1 aliphatic carbocycles.